The maximum Gasteiger partial charge on any atom is 0.408 e. The molecule has 3 aliphatic rings. The van der Waals surface area contributed by atoms with Crippen molar-refractivity contribution in [3.63, 3.8) is 0 Å². The molecule has 0 radical (unpaired) electrons. The Morgan fingerprint density at radius 1 is 1.00 bits per heavy atom. The molecule has 53 heavy (non-hydrogen) atoms. The van der Waals surface area contributed by atoms with Gasteiger partial charge in [0.2, 0.25) is 5.91 Å². The maximum atomic E-state index is 12.7. The highest BCUT2D eigenvalue weighted by atomic mass is 32.2. The van der Waals surface area contributed by atoms with Crippen molar-refractivity contribution in [2.75, 3.05) is 32.8 Å². The molecule has 0 saturated heterocycles. The lowest BCUT2D eigenvalue weighted by atomic mass is 9.59. The Morgan fingerprint density at radius 2 is 1.83 bits per heavy atom. The van der Waals surface area contributed by atoms with Crippen molar-refractivity contribution in [1.29, 1.82) is 0 Å². The number of pyridine rings is 1. The van der Waals surface area contributed by atoms with Gasteiger partial charge in [-0.05, 0) is 111 Å². The van der Waals surface area contributed by atoms with Crippen LogP contribution in [0.1, 0.15) is 88.6 Å². The summed E-state index contributed by atoms with van der Waals surface area (Å²) in [4.78, 5) is 29.1. The number of carbonyl (C=O) groups excluding carboxylic acids is 2. The van der Waals surface area contributed by atoms with Gasteiger partial charge in [-0.15, -0.1) is 10.2 Å². The van der Waals surface area contributed by atoms with Crippen molar-refractivity contribution in [3.05, 3.63) is 59.7 Å². The van der Waals surface area contributed by atoms with Gasteiger partial charge in [-0.2, -0.15) is 0 Å². The number of aryl methyl sites for hydroxylation is 1. The number of carbonyl (C=O) groups is 2. The highest BCUT2D eigenvalue weighted by Gasteiger charge is 2.40. The summed E-state index contributed by atoms with van der Waals surface area (Å²) in [5.41, 5.74) is 2.70. The maximum absolute atomic E-state index is 12.7. The molecule has 11 nitrogen and oxygen atoms in total. The van der Waals surface area contributed by atoms with Gasteiger partial charge in [-0.25, -0.2) is 4.79 Å². The predicted octanol–water partition coefficient (Wildman–Crippen LogP) is 6.47. The predicted molar refractivity (Wildman–Crippen MR) is 207 cm³/mol. The van der Waals surface area contributed by atoms with Crippen molar-refractivity contribution in [2.24, 2.45) is 29.6 Å². The molecule has 1 unspecified atom stereocenters. The number of nitrogens with one attached hydrogen (secondary N) is 3. The topological polar surface area (TPSA) is 132 Å². The van der Waals surface area contributed by atoms with Gasteiger partial charge >= 0.3 is 6.09 Å². The Labute approximate surface area is 318 Å². The number of nitrogens with zero attached hydrogens (tertiary/aromatic N) is 4. The summed E-state index contributed by atoms with van der Waals surface area (Å²) in [5.74, 6) is 11.1. The van der Waals surface area contributed by atoms with Crippen molar-refractivity contribution < 1.29 is 19.1 Å². The molecule has 12 heteroatoms. The zero-order valence-corrected chi connectivity index (χ0v) is 32.3. The van der Waals surface area contributed by atoms with E-state index >= 15 is 0 Å². The third-order valence-corrected chi connectivity index (χ3v) is 12.3. The number of benzene rings is 1. The summed E-state index contributed by atoms with van der Waals surface area (Å²) < 4.78 is 13.4. The molecule has 6 rings (SSSR count). The quantitative estimate of drug-likeness (QED) is 0.119. The largest absolute Gasteiger partial charge is 0.486 e. The minimum Gasteiger partial charge on any atom is -0.486 e. The van der Waals surface area contributed by atoms with Crippen molar-refractivity contribution in [1.82, 2.24) is 35.7 Å². The molecule has 284 valence electrons. The second kappa shape index (κ2) is 19.3. The first-order valence-corrected chi connectivity index (χ1v) is 20.3. The molecule has 2 aromatic heterocycles. The van der Waals surface area contributed by atoms with E-state index in [9.17, 15) is 9.59 Å². The van der Waals surface area contributed by atoms with Gasteiger partial charge < -0.3 is 25.4 Å². The van der Waals surface area contributed by atoms with Gasteiger partial charge in [0.05, 0.1) is 11.9 Å². The second-order valence-corrected chi connectivity index (χ2v) is 16.4. The molecule has 3 saturated carbocycles. The Bertz CT molecular complexity index is 1710. The number of amides is 2. The third-order valence-electron chi connectivity index (χ3n) is 11.0. The lowest BCUT2D eigenvalue weighted by molar-refractivity contribution is -0.124. The van der Waals surface area contributed by atoms with E-state index in [0.29, 0.717) is 67.2 Å². The lowest BCUT2D eigenvalue weighted by Gasteiger charge is -2.46. The molecule has 2 bridgehead atoms. The van der Waals surface area contributed by atoms with E-state index in [-0.39, 0.29) is 19.1 Å². The fraction of sp³-hybridized carbons (Fsp3) is 0.585. The first kappa shape index (κ1) is 38.6. The van der Waals surface area contributed by atoms with E-state index in [1.54, 1.807) is 18.0 Å². The number of alkyl carbamates (subject to hydrolysis) is 1. The molecule has 0 aliphatic heterocycles. The molecule has 1 aromatic carbocycles. The zero-order valence-electron chi connectivity index (χ0n) is 31.4. The van der Waals surface area contributed by atoms with E-state index in [0.717, 1.165) is 33.8 Å². The van der Waals surface area contributed by atoms with E-state index < -0.39 is 6.09 Å². The SMILES string of the molecule is Cc1cc(OCc2nnc(SC3CCCC3)n2-c2cccnc2)ccc1C#CCOC(=O)NCCNCCNC(=O)CC1[C@H]2C[C@@H](C)C[C@H](C2)C[C@H]1C. The van der Waals surface area contributed by atoms with Crippen LogP contribution in [0.15, 0.2) is 47.9 Å². The van der Waals surface area contributed by atoms with Crippen LogP contribution in [0.25, 0.3) is 5.69 Å². The van der Waals surface area contributed by atoms with Crippen molar-refractivity contribution >= 4 is 23.8 Å². The molecular weight excluding hydrogens is 687 g/mol. The highest BCUT2D eigenvalue weighted by molar-refractivity contribution is 7.99. The highest BCUT2D eigenvalue weighted by Crippen LogP contribution is 2.49. The number of ether oxygens (including phenoxy) is 2. The Hall–Kier alpha value is -4.08. The van der Waals surface area contributed by atoms with Crippen LogP contribution >= 0.6 is 11.8 Å². The Kier molecular flexibility index (Phi) is 14.1. The number of aromatic nitrogens is 4. The molecular formula is C41H55N7O4S. The van der Waals surface area contributed by atoms with E-state index in [4.69, 9.17) is 9.47 Å². The van der Waals surface area contributed by atoms with E-state index in [2.05, 4.69) is 56.8 Å². The Morgan fingerprint density at radius 3 is 2.62 bits per heavy atom. The van der Waals surface area contributed by atoms with Crippen LogP contribution in [0.5, 0.6) is 5.75 Å². The monoisotopic (exact) mass is 741 g/mol. The van der Waals surface area contributed by atoms with Gasteiger partial charge in [-0.1, -0.05) is 50.3 Å². The molecule has 2 heterocycles. The van der Waals surface area contributed by atoms with E-state index in [1.807, 2.05) is 48.0 Å². The molecule has 3 aromatic rings. The fourth-order valence-corrected chi connectivity index (χ4v) is 9.77. The number of rotatable bonds is 15. The third kappa shape index (κ3) is 11.2. The smallest absolute Gasteiger partial charge is 0.408 e. The van der Waals surface area contributed by atoms with E-state index in [1.165, 1.54) is 51.4 Å². The summed E-state index contributed by atoms with van der Waals surface area (Å²) >= 11 is 1.79. The van der Waals surface area contributed by atoms with Crippen molar-refractivity contribution in [3.8, 4) is 23.3 Å². The van der Waals surface area contributed by atoms with Crippen LogP contribution in [-0.2, 0) is 16.1 Å². The van der Waals surface area contributed by atoms with Gasteiger partial charge in [0, 0.05) is 49.6 Å². The molecule has 5 atom stereocenters. The summed E-state index contributed by atoms with van der Waals surface area (Å²) in [7, 11) is 0. The minimum atomic E-state index is -0.514. The summed E-state index contributed by atoms with van der Waals surface area (Å²) in [5, 5.41) is 19.5. The summed E-state index contributed by atoms with van der Waals surface area (Å²) in [6.45, 7) is 9.13. The first-order valence-electron chi connectivity index (χ1n) is 19.4. The van der Waals surface area contributed by atoms with Crippen LogP contribution < -0.4 is 20.7 Å². The summed E-state index contributed by atoms with van der Waals surface area (Å²) in [6, 6.07) is 9.64. The molecule has 3 fully saturated rings. The number of hydrogen-bond acceptors (Lipinski definition) is 9. The zero-order chi connectivity index (χ0) is 37.0. The molecule has 0 spiro atoms. The van der Waals surface area contributed by atoms with Crippen LogP contribution in [0.4, 0.5) is 4.79 Å². The van der Waals surface area contributed by atoms with Gasteiger partial charge in [0.25, 0.3) is 0 Å². The standard InChI is InChI=1S/C41H55N7O4S/c1-28-20-31-22-30(3)37(33(21-28)24-31)25-39(49)44-17-15-42-16-18-45-41(50)51-19-7-8-32-12-13-35(23-29(32)2)52-27-38-46-47-40(53-36-10-4-5-11-36)48(38)34-9-6-14-43-26-34/h6,9,12-14,23,26,28,30-31,33,36-37,42H,4-5,10-11,15-22,24-25,27H2,1-3H3,(H,44,49)(H,45,50)/t28-,30+,31-,33-,37?/m0/s1. The second-order valence-electron chi connectivity index (χ2n) is 15.2. The normalized spacial score (nSPS) is 22.4. The molecule has 3 aliphatic carbocycles. The van der Waals surface area contributed by atoms with Gasteiger partial charge in [0.15, 0.2) is 17.6 Å². The van der Waals surface area contributed by atoms with Gasteiger partial charge in [-0.3, -0.25) is 14.3 Å². The molecule has 2 amide bonds. The number of thioether (sulfide) groups is 1. The number of fused-ring (bicyclic) bond motifs is 2. The molecule has 3 N–H and O–H groups in total. The van der Waals surface area contributed by atoms with Crippen molar-refractivity contribution in [2.45, 2.75) is 95.6 Å². The van der Waals surface area contributed by atoms with Crippen LogP contribution in [0.3, 0.4) is 0 Å². The lowest BCUT2D eigenvalue weighted by Crippen LogP contribution is -2.41. The van der Waals surface area contributed by atoms with Crippen LogP contribution in [0.2, 0.25) is 0 Å². The summed E-state index contributed by atoms with van der Waals surface area (Å²) in [6.07, 6.45) is 13.8. The Balaban J connectivity index is 0.857. The minimum absolute atomic E-state index is 0.0196. The van der Waals surface area contributed by atoms with Crippen LogP contribution in [-0.4, -0.2) is 69.8 Å². The van der Waals surface area contributed by atoms with Gasteiger partial charge in [0.1, 0.15) is 12.4 Å². The number of hydrogen-bond donors (Lipinski definition) is 3. The fourth-order valence-electron chi connectivity index (χ4n) is 8.50. The van der Waals surface area contributed by atoms with Crippen LogP contribution in [0, 0.1) is 48.4 Å². The average Bonchev–Trinajstić information content (AvgIpc) is 3.81. The average molecular weight is 742 g/mol. The first-order chi connectivity index (χ1) is 25.8.